The zero-order valence-electron chi connectivity index (χ0n) is 11.8. The van der Waals surface area contributed by atoms with Gasteiger partial charge in [0, 0.05) is 12.1 Å². The second-order valence-corrected chi connectivity index (χ2v) is 5.62. The van der Waals surface area contributed by atoms with E-state index in [9.17, 15) is 4.79 Å². The molecule has 3 nitrogen and oxygen atoms in total. The quantitative estimate of drug-likeness (QED) is 0.826. The Bertz CT molecular complexity index is 418. The fraction of sp³-hybridized carbons (Fsp3) is 0.562. The van der Waals surface area contributed by atoms with E-state index < -0.39 is 0 Å². The third-order valence-corrected chi connectivity index (χ3v) is 4.05. The average molecular weight is 260 g/mol. The number of nitrogens with two attached hydrogens (primary N) is 1. The zero-order chi connectivity index (χ0) is 13.8. The summed E-state index contributed by atoms with van der Waals surface area (Å²) in [4.78, 5) is 12.2. The van der Waals surface area contributed by atoms with Crippen LogP contribution in [0, 0.1) is 11.8 Å². The number of nitrogens with one attached hydrogen (secondary N) is 1. The van der Waals surface area contributed by atoms with Crippen molar-refractivity contribution in [2.24, 2.45) is 17.6 Å². The standard InChI is InChI=1S/C16H24N2O/c1-3-7-13-10-14(13)18-16(19)11(2)15(17)12-8-5-4-6-9-12/h4-6,8-9,11,13-15H,3,7,10,17H2,1-2H3,(H,18,19). The van der Waals surface area contributed by atoms with Gasteiger partial charge in [-0.3, -0.25) is 4.79 Å². The lowest BCUT2D eigenvalue weighted by molar-refractivity contribution is -0.125. The van der Waals surface area contributed by atoms with Crippen molar-refractivity contribution in [3.8, 4) is 0 Å². The van der Waals surface area contributed by atoms with E-state index in [4.69, 9.17) is 5.73 Å². The topological polar surface area (TPSA) is 55.1 Å². The molecule has 1 aromatic rings. The van der Waals surface area contributed by atoms with Gasteiger partial charge in [0.15, 0.2) is 0 Å². The number of hydrogen-bond acceptors (Lipinski definition) is 2. The van der Waals surface area contributed by atoms with Crippen LogP contribution in [0.5, 0.6) is 0 Å². The summed E-state index contributed by atoms with van der Waals surface area (Å²) in [5.41, 5.74) is 7.19. The van der Waals surface area contributed by atoms with Crippen LogP contribution in [0.4, 0.5) is 0 Å². The van der Waals surface area contributed by atoms with Crippen LogP contribution in [-0.2, 0) is 4.79 Å². The van der Waals surface area contributed by atoms with Gasteiger partial charge in [0.2, 0.25) is 5.91 Å². The summed E-state index contributed by atoms with van der Waals surface area (Å²) in [7, 11) is 0. The number of benzene rings is 1. The molecule has 4 atom stereocenters. The molecule has 0 aliphatic heterocycles. The van der Waals surface area contributed by atoms with Gasteiger partial charge in [-0.05, 0) is 24.3 Å². The van der Waals surface area contributed by atoms with Gasteiger partial charge in [-0.25, -0.2) is 0 Å². The number of hydrogen-bond donors (Lipinski definition) is 2. The molecule has 1 fully saturated rings. The Labute approximate surface area is 115 Å². The first kappa shape index (κ1) is 14.1. The van der Waals surface area contributed by atoms with Gasteiger partial charge in [-0.2, -0.15) is 0 Å². The number of carbonyl (C=O) groups is 1. The van der Waals surface area contributed by atoms with Crippen molar-refractivity contribution in [1.29, 1.82) is 0 Å². The molecular weight excluding hydrogens is 236 g/mol. The molecule has 1 aliphatic rings. The molecule has 0 bridgehead atoms. The number of amides is 1. The van der Waals surface area contributed by atoms with Crippen LogP contribution in [0.2, 0.25) is 0 Å². The molecule has 2 rings (SSSR count). The van der Waals surface area contributed by atoms with Gasteiger partial charge in [-0.1, -0.05) is 50.6 Å². The molecule has 1 aromatic carbocycles. The van der Waals surface area contributed by atoms with E-state index in [0.717, 1.165) is 12.0 Å². The lowest BCUT2D eigenvalue weighted by Crippen LogP contribution is -2.37. The second kappa shape index (κ2) is 6.20. The maximum absolute atomic E-state index is 12.2. The predicted octanol–water partition coefficient (Wildman–Crippen LogP) is 2.63. The highest BCUT2D eigenvalue weighted by Gasteiger charge is 2.38. The molecule has 3 heteroatoms. The number of carbonyl (C=O) groups excluding carboxylic acids is 1. The predicted molar refractivity (Wildman–Crippen MR) is 77.5 cm³/mol. The van der Waals surface area contributed by atoms with E-state index in [1.807, 2.05) is 37.3 Å². The van der Waals surface area contributed by atoms with E-state index in [2.05, 4.69) is 12.2 Å². The van der Waals surface area contributed by atoms with Crippen molar-refractivity contribution in [1.82, 2.24) is 5.32 Å². The van der Waals surface area contributed by atoms with Gasteiger partial charge in [0.1, 0.15) is 0 Å². The largest absolute Gasteiger partial charge is 0.353 e. The Morgan fingerprint density at radius 3 is 2.74 bits per heavy atom. The smallest absolute Gasteiger partial charge is 0.224 e. The minimum atomic E-state index is -0.232. The molecule has 0 radical (unpaired) electrons. The number of rotatable bonds is 6. The maximum Gasteiger partial charge on any atom is 0.224 e. The zero-order valence-corrected chi connectivity index (χ0v) is 11.8. The Balaban J connectivity index is 1.86. The molecule has 104 valence electrons. The first-order chi connectivity index (χ1) is 9.13. The Kier molecular flexibility index (Phi) is 4.59. The third-order valence-electron chi connectivity index (χ3n) is 4.05. The Morgan fingerprint density at radius 2 is 2.11 bits per heavy atom. The fourth-order valence-electron chi connectivity index (χ4n) is 2.56. The summed E-state index contributed by atoms with van der Waals surface area (Å²) in [6, 6.07) is 9.98. The lowest BCUT2D eigenvalue weighted by atomic mass is 9.94. The van der Waals surface area contributed by atoms with Crippen LogP contribution in [0.3, 0.4) is 0 Å². The van der Waals surface area contributed by atoms with Gasteiger partial charge in [0.05, 0.1) is 5.92 Å². The van der Waals surface area contributed by atoms with Crippen molar-refractivity contribution in [3.05, 3.63) is 35.9 Å². The first-order valence-electron chi connectivity index (χ1n) is 7.24. The van der Waals surface area contributed by atoms with Gasteiger partial charge < -0.3 is 11.1 Å². The van der Waals surface area contributed by atoms with Crippen molar-refractivity contribution < 1.29 is 4.79 Å². The molecule has 3 N–H and O–H groups in total. The van der Waals surface area contributed by atoms with Crippen LogP contribution in [-0.4, -0.2) is 11.9 Å². The minimum Gasteiger partial charge on any atom is -0.353 e. The van der Waals surface area contributed by atoms with Crippen LogP contribution in [0.25, 0.3) is 0 Å². The molecule has 1 amide bonds. The van der Waals surface area contributed by atoms with E-state index >= 15 is 0 Å². The normalized spacial score (nSPS) is 24.6. The molecule has 0 spiro atoms. The van der Waals surface area contributed by atoms with Crippen LogP contribution in [0.15, 0.2) is 30.3 Å². The highest BCUT2D eigenvalue weighted by atomic mass is 16.2. The fourth-order valence-corrected chi connectivity index (χ4v) is 2.56. The van der Waals surface area contributed by atoms with E-state index in [1.54, 1.807) is 0 Å². The SMILES string of the molecule is CCCC1CC1NC(=O)C(C)C(N)c1ccccc1. The van der Waals surface area contributed by atoms with E-state index in [0.29, 0.717) is 12.0 Å². The molecule has 0 aromatic heterocycles. The molecule has 1 aliphatic carbocycles. The summed E-state index contributed by atoms with van der Waals surface area (Å²) >= 11 is 0. The Hall–Kier alpha value is -1.35. The molecule has 0 saturated heterocycles. The molecular formula is C16H24N2O. The van der Waals surface area contributed by atoms with E-state index in [1.165, 1.54) is 12.8 Å². The Morgan fingerprint density at radius 1 is 1.42 bits per heavy atom. The van der Waals surface area contributed by atoms with Crippen molar-refractivity contribution in [2.75, 3.05) is 0 Å². The molecule has 4 unspecified atom stereocenters. The third kappa shape index (κ3) is 3.57. The average Bonchev–Trinajstić information content (AvgIpc) is 3.16. The first-order valence-corrected chi connectivity index (χ1v) is 7.24. The molecule has 1 saturated carbocycles. The lowest BCUT2D eigenvalue weighted by Gasteiger charge is -2.20. The highest BCUT2D eigenvalue weighted by Crippen LogP contribution is 2.35. The highest BCUT2D eigenvalue weighted by molar-refractivity contribution is 5.79. The minimum absolute atomic E-state index is 0.0833. The summed E-state index contributed by atoms with van der Waals surface area (Å²) in [6.07, 6.45) is 3.53. The summed E-state index contributed by atoms with van der Waals surface area (Å²) in [5.74, 6) is 0.583. The van der Waals surface area contributed by atoms with Gasteiger partial charge >= 0.3 is 0 Å². The van der Waals surface area contributed by atoms with Gasteiger partial charge in [0.25, 0.3) is 0 Å². The van der Waals surface area contributed by atoms with Crippen molar-refractivity contribution in [3.63, 3.8) is 0 Å². The van der Waals surface area contributed by atoms with E-state index in [-0.39, 0.29) is 17.9 Å². The van der Waals surface area contributed by atoms with Crippen molar-refractivity contribution >= 4 is 5.91 Å². The summed E-state index contributed by atoms with van der Waals surface area (Å²) in [6.45, 7) is 4.09. The summed E-state index contributed by atoms with van der Waals surface area (Å²) in [5, 5.41) is 3.12. The van der Waals surface area contributed by atoms with Gasteiger partial charge in [-0.15, -0.1) is 0 Å². The second-order valence-electron chi connectivity index (χ2n) is 5.62. The maximum atomic E-state index is 12.2. The van der Waals surface area contributed by atoms with Crippen LogP contribution in [0.1, 0.15) is 44.7 Å². The van der Waals surface area contributed by atoms with Crippen molar-refractivity contribution in [2.45, 2.75) is 45.2 Å². The molecule has 0 heterocycles. The monoisotopic (exact) mass is 260 g/mol. The summed E-state index contributed by atoms with van der Waals surface area (Å²) < 4.78 is 0. The van der Waals surface area contributed by atoms with Crippen LogP contribution >= 0.6 is 0 Å². The van der Waals surface area contributed by atoms with Crippen LogP contribution < -0.4 is 11.1 Å². The molecule has 19 heavy (non-hydrogen) atoms.